The fourth-order valence-electron chi connectivity index (χ4n) is 2.64. The lowest BCUT2D eigenvalue weighted by atomic mass is 9.41. The summed E-state index contributed by atoms with van der Waals surface area (Å²) in [4.78, 5) is 0. The predicted molar refractivity (Wildman–Crippen MR) is 79.0 cm³/mol. The van der Waals surface area contributed by atoms with Crippen molar-refractivity contribution < 1.29 is 9.31 Å². The molecule has 1 aliphatic carbocycles. The van der Waals surface area contributed by atoms with Gasteiger partial charge >= 0.3 is 7.12 Å². The van der Waals surface area contributed by atoms with Crippen LogP contribution in [0.1, 0.15) is 47.0 Å². The zero-order valence-corrected chi connectivity index (χ0v) is 12.7. The van der Waals surface area contributed by atoms with Crippen LogP contribution in [-0.4, -0.2) is 25.0 Å². The summed E-state index contributed by atoms with van der Waals surface area (Å²) in [7, 11) is -0.205. The number of rotatable bonds is 2. The van der Waals surface area contributed by atoms with Crippen molar-refractivity contribution in [3.63, 3.8) is 0 Å². The minimum absolute atomic E-state index is 0.135. The monoisotopic (exact) mass is 259 g/mol. The van der Waals surface area contributed by atoms with Gasteiger partial charge in [0.2, 0.25) is 0 Å². The van der Waals surface area contributed by atoms with Gasteiger partial charge in [-0.05, 0) is 51.8 Å². The summed E-state index contributed by atoms with van der Waals surface area (Å²) in [5.41, 5.74) is 0.713. The standard InChI is InChI=1S/C14H23B2NO2/c1-13(2)14(3,4)19-16(18-13)12-8-6-11(7-9-12)15(5)10-17/h8,11H,6-7,9H2,1-5H3. The minimum Gasteiger partial charge on any atom is -0.400 e. The van der Waals surface area contributed by atoms with Crippen LogP contribution < -0.4 is 0 Å². The molecule has 0 spiro atoms. The molecule has 0 aromatic carbocycles. The van der Waals surface area contributed by atoms with Gasteiger partial charge in [-0.1, -0.05) is 19.3 Å². The topological polar surface area (TPSA) is 42.2 Å². The van der Waals surface area contributed by atoms with Crippen LogP contribution >= 0.6 is 0 Å². The third-order valence-electron chi connectivity index (χ3n) is 4.95. The highest BCUT2D eigenvalue weighted by molar-refractivity contribution is 6.67. The molecule has 0 radical (unpaired) electrons. The molecule has 0 aromatic rings. The van der Waals surface area contributed by atoms with Crippen molar-refractivity contribution in [2.45, 2.75) is 70.8 Å². The predicted octanol–water partition coefficient (Wildman–Crippen LogP) is 3.29. The molecule has 0 amide bonds. The Morgan fingerprint density at radius 2 is 1.89 bits per heavy atom. The molecular formula is C14H23B2NO2. The number of allylic oxidation sites excluding steroid dienone is 2. The fraction of sp³-hybridized carbons (Fsp3) is 0.786. The van der Waals surface area contributed by atoms with Gasteiger partial charge in [-0.2, -0.15) is 0 Å². The zero-order valence-electron chi connectivity index (χ0n) is 12.7. The quantitative estimate of drug-likeness (QED) is 0.714. The lowest BCUT2D eigenvalue weighted by Gasteiger charge is -2.32. The highest BCUT2D eigenvalue weighted by Crippen LogP contribution is 2.41. The van der Waals surface area contributed by atoms with E-state index in [-0.39, 0.29) is 25.0 Å². The molecule has 1 heterocycles. The van der Waals surface area contributed by atoms with Crippen LogP contribution in [0.4, 0.5) is 0 Å². The molecule has 1 aliphatic heterocycles. The van der Waals surface area contributed by atoms with E-state index in [1.165, 1.54) is 5.47 Å². The second-order valence-corrected chi connectivity index (χ2v) is 6.82. The van der Waals surface area contributed by atoms with E-state index in [0.29, 0.717) is 5.82 Å². The smallest absolute Gasteiger partial charge is 0.400 e. The van der Waals surface area contributed by atoms with E-state index >= 15 is 0 Å². The van der Waals surface area contributed by atoms with Gasteiger partial charge in [-0.25, -0.2) is 5.26 Å². The third kappa shape index (κ3) is 2.75. The SMILES string of the molecule is CB(C#N)C1CC=C(B2OC(C)(C)C(C)(C)O2)CC1. The molecule has 2 aliphatic rings. The maximum Gasteiger partial charge on any atom is 0.490 e. The maximum atomic E-state index is 8.98. The Kier molecular flexibility index (Phi) is 3.86. The van der Waals surface area contributed by atoms with Gasteiger partial charge in [-0.3, -0.25) is 0 Å². The molecule has 1 fully saturated rings. The number of hydrogen-bond acceptors (Lipinski definition) is 3. The maximum absolute atomic E-state index is 8.98. The summed E-state index contributed by atoms with van der Waals surface area (Å²) in [6, 6.07) is 0. The molecular weight excluding hydrogens is 236 g/mol. The molecule has 0 N–H and O–H groups in total. The molecule has 5 heteroatoms. The van der Waals surface area contributed by atoms with E-state index in [9.17, 15) is 0 Å². The van der Waals surface area contributed by atoms with Gasteiger partial charge in [-0.15, -0.1) is 0 Å². The molecule has 102 valence electrons. The lowest BCUT2D eigenvalue weighted by molar-refractivity contribution is 0.00578. The van der Waals surface area contributed by atoms with E-state index in [1.807, 2.05) is 6.82 Å². The van der Waals surface area contributed by atoms with Crippen LogP contribution in [0.15, 0.2) is 11.5 Å². The van der Waals surface area contributed by atoms with Crippen LogP contribution in [0.25, 0.3) is 0 Å². The molecule has 0 aromatic heterocycles. The lowest BCUT2D eigenvalue weighted by Crippen LogP contribution is -2.41. The first-order chi connectivity index (χ1) is 8.77. The Morgan fingerprint density at radius 3 is 2.32 bits per heavy atom. The van der Waals surface area contributed by atoms with Crippen LogP contribution in [0.3, 0.4) is 0 Å². The number of nitrogens with zero attached hydrogens (tertiary/aromatic N) is 1. The molecule has 0 bridgehead atoms. The third-order valence-corrected chi connectivity index (χ3v) is 4.95. The molecule has 1 saturated heterocycles. The van der Waals surface area contributed by atoms with Gasteiger partial charge < -0.3 is 9.31 Å². The van der Waals surface area contributed by atoms with Crippen molar-refractivity contribution in [3.8, 4) is 5.97 Å². The minimum atomic E-state index is -0.269. The average Bonchev–Trinajstić information content (AvgIpc) is 2.58. The van der Waals surface area contributed by atoms with E-state index < -0.39 is 0 Å². The zero-order chi connectivity index (χ0) is 14.3. The van der Waals surface area contributed by atoms with Gasteiger partial charge in [0, 0.05) is 5.97 Å². The Balaban J connectivity index is 2.03. The summed E-state index contributed by atoms with van der Waals surface area (Å²) in [6.07, 6.45) is 5.23. The molecule has 1 atom stereocenters. The van der Waals surface area contributed by atoms with Crippen molar-refractivity contribution in [3.05, 3.63) is 11.5 Å². The van der Waals surface area contributed by atoms with Crippen molar-refractivity contribution >= 4 is 13.8 Å². The Hall–Kier alpha value is -0.720. The summed E-state index contributed by atoms with van der Waals surface area (Å²) in [6.45, 7) is 10.5. The second-order valence-electron chi connectivity index (χ2n) is 6.82. The fourth-order valence-corrected chi connectivity index (χ4v) is 2.64. The summed E-state index contributed by atoms with van der Waals surface area (Å²) >= 11 is 0. The molecule has 3 nitrogen and oxygen atoms in total. The van der Waals surface area contributed by atoms with Crippen molar-refractivity contribution in [1.29, 1.82) is 5.26 Å². The van der Waals surface area contributed by atoms with Gasteiger partial charge in [0.15, 0.2) is 0 Å². The normalized spacial score (nSPS) is 28.7. The Labute approximate surface area is 117 Å². The van der Waals surface area contributed by atoms with Crippen LogP contribution in [0.2, 0.25) is 12.6 Å². The summed E-state index contributed by atoms with van der Waals surface area (Å²) < 4.78 is 12.1. The molecule has 1 unspecified atom stereocenters. The summed E-state index contributed by atoms with van der Waals surface area (Å²) in [5.74, 6) is 2.84. The van der Waals surface area contributed by atoms with E-state index in [1.54, 1.807) is 0 Å². The highest BCUT2D eigenvalue weighted by Gasteiger charge is 2.52. The van der Waals surface area contributed by atoms with E-state index in [2.05, 4.69) is 39.7 Å². The Morgan fingerprint density at radius 1 is 1.32 bits per heavy atom. The first kappa shape index (κ1) is 14.7. The number of nitriles is 1. The van der Waals surface area contributed by atoms with Gasteiger partial charge in [0.05, 0.1) is 11.2 Å². The van der Waals surface area contributed by atoms with Crippen molar-refractivity contribution in [2.24, 2.45) is 0 Å². The molecule has 19 heavy (non-hydrogen) atoms. The van der Waals surface area contributed by atoms with Crippen molar-refractivity contribution in [1.82, 2.24) is 0 Å². The average molecular weight is 259 g/mol. The van der Waals surface area contributed by atoms with Gasteiger partial charge in [0.1, 0.15) is 0 Å². The van der Waals surface area contributed by atoms with Crippen molar-refractivity contribution in [2.75, 3.05) is 0 Å². The van der Waals surface area contributed by atoms with Crippen LogP contribution in [-0.2, 0) is 9.31 Å². The van der Waals surface area contributed by atoms with Crippen LogP contribution in [0, 0.1) is 11.2 Å². The molecule has 0 saturated carbocycles. The first-order valence-corrected chi connectivity index (χ1v) is 7.21. The summed E-state index contributed by atoms with van der Waals surface area (Å²) in [5, 5.41) is 8.98. The second kappa shape index (κ2) is 4.99. The largest absolute Gasteiger partial charge is 0.490 e. The first-order valence-electron chi connectivity index (χ1n) is 7.21. The molecule has 2 rings (SSSR count). The van der Waals surface area contributed by atoms with Gasteiger partial charge in [0.25, 0.3) is 6.71 Å². The van der Waals surface area contributed by atoms with E-state index in [4.69, 9.17) is 14.6 Å². The van der Waals surface area contributed by atoms with E-state index in [0.717, 1.165) is 19.3 Å². The Bertz CT molecular complexity index is 410. The highest BCUT2D eigenvalue weighted by atomic mass is 16.7. The van der Waals surface area contributed by atoms with Crippen LogP contribution in [0.5, 0.6) is 0 Å². The number of hydrogen-bond donors (Lipinski definition) is 0.